The van der Waals surface area contributed by atoms with E-state index in [4.69, 9.17) is 11.6 Å². The average molecular weight is 246 g/mol. The van der Waals surface area contributed by atoms with Crippen LogP contribution in [0.25, 0.3) is 0 Å². The molecule has 0 amide bonds. The first-order valence-electron chi connectivity index (χ1n) is 5.25. The number of halogens is 2. The number of aromatic nitrogens is 2. The number of aliphatic hydroxyl groups excluding tert-OH is 1. The van der Waals surface area contributed by atoms with Gasteiger partial charge in [-0.1, -0.05) is 0 Å². The summed E-state index contributed by atoms with van der Waals surface area (Å²) in [4.78, 5) is 7.29. The molecule has 16 heavy (non-hydrogen) atoms. The minimum absolute atomic E-state index is 0.0235. The third-order valence-electron chi connectivity index (χ3n) is 2.79. The van der Waals surface area contributed by atoms with Gasteiger partial charge in [-0.2, -0.15) is 4.98 Å². The van der Waals surface area contributed by atoms with Crippen LogP contribution in [0.2, 0.25) is 5.28 Å². The number of nitrogens with zero attached hydrogens (tertiary/aromatic N) is 2. The number of hydrogen-bond donors (Lipinski definition) is 2. The average Bonchev–Trinajstić information content (AvgIpc) is 2.66. The fraction of sp³-hybridized carbons (Fsp3) is 0.600. The zero-order chi connectivity index (χ0) is 11.5. The maximum atomic E-state index is 13.2. The van der Waals surface area contributed by atoms with Gasteiger partial charge in [0.05, 0.1) is 12.3 Å². The molecule has 0 bridgehead atoms. The second-order valence-corrected chi connectivity index (χ2v) is 4.39. The second kappa shape index (κ2) is 4.93. The van der Waals surface area contributed by atoms with E-state index in [1.54, 1.807) is 0 Å². The molecule has 0 spiro atoms. The molecule has 1 aromatic rings. The molecule has 4 nitrogen and oxygen atoms in total. The quantitative estimate of drug-likeness (QED) is 0.798. The van der Waals surface area contributed by atoms with E-state index in [2.05, 4.69) is 15.3 Å². The first kappa shape index (κ1) is 11.5. The molecular weight excluding hydrogens is 233 g/mol. The standard InChI is InChI=1S/C10H13ClFN3O/c11-10-14-5-8(12)9(15-10)13-4-6-1-2-7(16)3-6/h5-7,16H,1-4H2,(H,13,14,15). The number of rotatable bonds is 3. The first-order chi connectivity index (χ1) is 7.65. The van der Waals surface area contributed by atoms with Gasteiger partial charge in [-0.15, -0.1) is 0 Å². The fourth-order valence-electron chi connectivity index (χ4n) is 1.94. The molecule has 1 aliphatic carbocycles. The van der Waals surface area contributed by atoms with Crippen LogP contribution < -0.4 is 5.32 Å². The van der Waals surface area contributed by atoms with E-state index < -0.39 is 5.82 Å². The lowest BCUT2D eigenvalue weighted by molar-refractivity contribution is 0.178. The van der Waals surface area contributed by atoms with Crippen LogP contribution in [-0.2, 0) is 0 Å². The SMILES string of the molecule is OC1CCC(CNc2nc(Cl)ncc2F)C1. The third-order valence-corrected chi connectivity index (χ3v) is 2.97. The summed E-state index contributed by atoms with van der Waals surface area (Å²) in [6.07, 6.45) is 3.35. The van der Waals surface area contributed by atoms with Crippen LogP contribution in [0, 0.1) is 11.7 Å². The first-order valence-corrected chi connectivity index (χ1v) is 5.63. The highest BCUT2D eigenvalue weighted by Crippen LogP contribution is 2.25. The van der Waals surface area contributed by atoms with Crippen molar-refractivity contribution >= 4 is 17.4 Å². The van der Waals surface area contributed by atoms with Gasteiger partial charge in [0.1, 0.15) is 0 Å². The number of hydrogen-bond acceptors (Lipinski definition) is 4. The summed E-state index contributed by atoms with van der Waals surface area (Å²) >= 11 is 5.57. The van der Waals surface area contributed by atoms with Crippen LogP contribution in [-0.4, -0.2) is 27.7 Å². The molecule has 0 radical (unpaired) electrons. The summed E-state index contributed by atoms with van der Waals surface area (Å²) in [5.41, 5.74) is 0. The van der Waals surface area contributed by atoms with Crippen LogP contribution in [0.15, 0.2) is 6.20 Å². The minimum Gasteiger partial charge on any atom is -0.393 e. The van der Waals surface area contributed by atoms with Gasteiger partial charge in [0.2, 0.25) is 5.28 Å². The molecule has 0 saturated heterocycles. The zero-order valence-corrected chi connectivity index (χ0v) is 9.41. The van der Waals surface area contributed by atoms with E-state index >= 15 is 0 Å². The molecule has 2 atom stereocenters. The van der Waals surface area contributed by atoms with Gasteiger partial charge < -0.3 is 10.4 Å². The molecule has 1 heterocycles. The van der Waals surface area contributed by atoms with Crippen molar-refractivity contribution in [1.29, 1.82) is 0 Å². The number of nitrogens with one attached hydrogen (secondary N) is 1. The van der Waals surface area contributed by atoms with E-state index in [1.165, 1.54) is 0 Å². The molecule has 2 unspecified atom stereocenters. The molecule has 88 valence electrons. The Balaban J connectivity index is 1.91. The molecule has 0 aromatic carbocycles. The Morgan fingerprint density at radius 3 is 3.06 bits per heavy atom. The maximum absolute atomic E-state index is 13.2. The van der Waals surface area contributed by atoms with Crippen molar-refractivity contribution in [1.82, 2.24) is 9.97 Å². The molecular formula is C10H13ClFN3O. The Kier molecular flexibility index (Phi) is 3.56. The van der Waals surface area contributed by atoms with Crippen LogP contribution >= 0.6 is 11.6 Å². The van der Waals surface area contributed by atoms with Crippen molar-refractivity contribution in [2.75, 3.05) is 11.9 Å². The van der Waals surface area contributed by atoms with E-state index in [1.807, 2.05) is 0 Å². The monoisotopic (exact) mass is 245 g/mol. The zero-order valence-electron chi connectivity index (χ0n) is 8.66. The van der Waals surface area contributed by atoms with Crippen molar-refractivity contribution in [2.24, 2.45) is 5.92 Å². The summed E-state index contributed by atoms with van der Waals surface area (Å²) in [6.45, 7) is 0.599. The Labute approximate surface area is 97.9 Å². The Hall–Kier alpha value is -0.940. The number of aliphatic hydroxyl groups is 1. The van der Waals surface area contributed by atoms with Crippen molar-refractivity contribution in [3.05, 3.63) is 17.3 Å². The van der Waals surface area contributed by atoms with Gasteiger partial charge in [0.25, 0.3) is 0 Å². The molecule has 0 aliphatic heterocycles. The Morgan fingerprint density at radius 1 is 1.56 bits per heavy atom. The topological polar surface area (TPSA) is 58.0 Å². The lowest BCUT2D eigenvalue weighted by atomic mass is 10.1. The fourth-order valence-corrected chi connectivity index (χ4v) is 2.08. The van der Waals surface area contributed by atoms with Crippen LogP contribution in [0.4, 0.5) is 10.2 Å². The van der Waals surface area contributed by atoms with Crippen LogP contribution in [0.3, 0.4) is 0 Å². The molecule has 1 aromatic heterocycles. The summed E-state index contributed by atoms with van der Waals surface area (Å²) in [5.74, 6) is -0.0209. The normalized spacial score (nSPS) is 24.7. The van der Waals surface area contributed by atoms with Gasteiger partial charge >= 0.3 is 0 Å². The summed E-state index contributed by atoms with van der Waals surface area (Å²) in [7, 11) is 0. The van der Waals surface area contributed by atoms with Gasteiger partial charge in [0, 0.05) is 6.54 Å². The molecule has 6 heteroatoms. The largest absolute Gasteiger partial charge is 0.393 e. The summed E-state index contributed by atoms with van der Waals surface area (Å²) in [5, 5.41) is 12.3. The predicted octanol–water partition coefficient (Wildman–Crippen LogP) is 1.84. The molecule has 1 aliphatic rings. The molecule has 1 fully saturated rings. The lowest BCUT2D eigenvalue weighted by Crippen LogP contribution is -2.14. The molecule has 2 N–H and O–H groups in total. The molecule has 2 rings (SSSR count). The van der Waals surface area contributed by atoms with Gasteiger partial charge in [-0.05, 0) is 36.8 Å². The van der Waals surface area contributed by atoms with E-state index in [-0.39, 0.29) is 17.2 Å². The van der Waals surface area contributed by atoms with Crippen molar-refractivity contribution in [3.8, 4) is 0 Å². The van der Waals surface area contributed by atoms with Gasteiger partial charge in [-0.25, -0.2) is 9.37 Å². The predicted molar refractivity (Wildman–Crippen MR) is 58.8 cm³/mol. The number of anilines is 1. The van der Waals surface area contributed by atoms with E-state index in [0.29, 0.717) is 12.5 Å². The minimum atomic E-state index is -0.511. The third kappa shape index (κ3) is 2.80. The second-order valence-electron chi connectivity index (χ2n) is 4.05. The molecule has 1 saturated carbocycles. The van der Waals surface area contributed by atoms with Crippen molar-refractivity contribution in [3.63, 3.8) is 0 Å². The Bertz CT molecular complexity index is 377. The smallest absolute Gasteiger partial charge is 0.224 e. The highest BCUT2D eigenvalue weighted by Gasteiger charge is 2.22. The van der Waals surface area contributed by atoms with Gasteiger partial charge in [0.15, 0.2) is 11.6 Å². The highest BCUT2D eigenvalue weighted by molar-refractivity contribution is 6.28. The van der Waals surface area contributed by atoms with Gasteiger partial charge in [-0.3, -0.25) is 0 Å². The summed E-state index contributed by atoms with van der Waals surface area (Å²) < 4.78 is 13.2. The summed E-state index contributed by atoms with van der Waals surface area (Å²) in [6, 6.07) is 0. The maximum Gasteiger partial charge on any atom is 0.224 e. The highest BCUT2D eigenvalue weighted by atomic mass is 35.5. The van der Waals surface area contributed by atoms with E-state index in [0.717, 1.165) is 25.5 Å². The lowest BCUT2D eigenvalue weighted by Gasteiger charge is -2.11. The van der Waals surface area contributed by atoms with E-state index in [9.17, 15) is 9.50 Å². The van der Waals surface area contributed by atoms with Crippen LogP contribution in [0.5, 0.6) is 0 Å². The van der Waals surface area contributed by atoms with Crippen molar-refractivity contribution < 1.29 is 9.50 Å². The van der Waals surface area contributed by atoms with Crippen molar-refractivity contribution in [2.45, 2.75) is 25.4 Å². The van der Waals surface area contributed by atoms with Crippen LogP contribution in [0.1, 0.15) is 19.3 Å². The Morgan fingerprint density at radius 2 is 2.38 bits per heavy atom.